The van der Waals surface area contributed by atoms with Crippen molar-refractivity contribution < 1.29 is 14.4 Å². The normalized spacial score (nSPS) is 16.0. The van der Waals surface area contributed by atoms with Crippen LogP contribution in [0.3, 0.4) is 0 Å². The van der Waals surface area contributed by atoms with Crippen LogP contribution in [0.15, 0.2) is 53.5 Å². The van der Waals surface area contributed by atoms with Gasteiger partial charge in [0, 0.05) is 11.8 Å². The topological polar surface area (TPSA) is 68.2 Å². The lowest BCUT2D eigenvalue weighted by atomic mass is 10.1. The number of hydrogen-bond donors (Lipinski definition) is 1. The smallest absolute Gasteiger partial charge is 0.351 e. The summed E-state index contributed by atoms with van der Waals surface area (Å²) in [5.74, 6) is 0.503. The Balaban J connectivity index is 1.95. The lowest BCUT2D eigenvalue weighted by molar-refractivity contribution is -0.689. The van der Waals surface area contributed by atoms with Crippen molar-refractivity contribution in [2.24, 2.45) is 7.05 Å². The van der Waals surface area contributed by atoms with Gasteiger partial charge in [-0.05, 0) is 17.7 Å². The van der Waals surface area contributed by atoms with E-state index in [0.717, 1.165) is 5.56 Å². The number of rotatable bonds is 2. The maximum atomic E-state index is 13.1. The number of halogens is 1. The van der Waals surface area contributed by atoms with Crippen molar-refractivity contribution in [3.63, 3.8) is 0 Å². The van der Waals surface area contributed by atoms with E-state index in [-0.39, 0.29) is 23.6 Å². The lowest BCUT2D eigenvalue weighted by Gasteiger charge is -2.11. The summed E-state index contributed by atoms with van der Waals surface area (Å²) in [6.07, 6.45) is 0.977. The van der Waals surface area contributed by atoms with Crippen LogP contribution >= 0.6 is 11.6 Å². The molecule has 2 aromatic heterocycles. The summed E-state index contributed by atoms with van der Waals surface area (Å²) in [6, 6.07) is 12.5. The molecule has 0 fully saturated rings. The highest BCUT2D eigenvalue weighted by Crippen LogP contribution is 2.30. The molecular formula is C18H15ClN3O3+. The SMILES string of the molecule is C[n+]1c(O)c(-c2ccccc2)c(=O)n2c1COC2c1ccc(Cl)nc1. The molecule has 1 unspecified atom stereocenters. The zero-order chi connectivity index (χ0) is 17.6. The van der Waals surface area contributed by atoms with Crippen molar-refractivity contribution in [2.45, 2.75) is 12.8 Å². The zero-order valence-electron chi connectivity index (χ0n) is 13.4. The van der Waals surface area contributed by atoms with Gasteiger partial charge >= 0.3 is 5.56 Å². The molecule has 1 aromatic carbocycles. The lowest BCUT2D eigenvalue weighted by Crippen LogP contribution is -2.42. The molecule has 4 rings (SSSR count). The molecule has 1 aliphatic heterocycles. The van der Waals surface area contributed by atoms with Crippen LogP contribution in [0, 0.1) is 0 Å². The Morgan fingerprint density at radius 1 is 1.28 bits per heavy atom. The fourth-order valence-corrected chi connectivity index (χ4v) is 3.17. The van der Waals surface area contributed by atoms with Crippen LogP contribution in [0.2, 0.25) is 5.15 Å². The van der Waals surface area contributed by atoms with Crippen molar-refractivity contribution in [3.8, 4) is 17.0 Å². The third-order valence-corrected chi connectivity index (χ3v) is 4.57. The molecule has 126 valence electrons. The Bertz CT molecular complexity index is 1000. The minimum atomic E-state index is -0.610. The van der Waals surface area contributed by atoms with E-state index in [2.05, 4.69) is 4.98 Å². The monoisotopic (exact) mass is 356 g/mol. The molecule has 6 nitrogen and oxygen atoms in total. The average Bonchev–Trinajstić information content (AvgIpc) is 3.07. The second kappa shape index (κ2) is 5.98. The van der Waals surface area contributed by atoms with Gasteiger partial charge in [0.05, 0.1) is 7.05 Å². The predicted octanol–water partition coefficient (Wildman–Crippen LogP) is 2.17. The molecule has 0 spiro atoms. The molecule has 25 heavy (non-hydrogen) atoms. The Hall–Kier alpha value is -2.70. The molecule has 3 heterocycles. The van der Waals surface area contributed by atoms with Crippen LogP contribution < -0.4 is 10.1 Å². The summed E-state index contributed by atoms with van der Waals surface area (Å²) in [5.41, 5.74) is 1.30. The molecule has 0 amide bonds. The molecule has 0 radical (unpaired) electrons. The number of hydrogen-bond acceptors (Lipinski definition) is 4. The van der Waals surface area contributed by atoms with Gasteiger partial charge in [0.15, 0.2) is 12.2 Å². The largest absolute Gasteiger partial charge is 0.477 e. The highest BCUT2D eigenvalue weighted by Gasteiger charge is 2.38. The minimum absolute atomic E-state index is 0.0825. The number of aromatic hydroxyl groups is 1. The number of ether oxygens (including phenoxy) is 1. The predicted molar refractivity (Wildman–Crippen MR) is 91.2 cm³/mol. The molecule has 1 N–H and O–H groups in total. The van der Waals surface area contributed by atoms with E-state index in [9.17, 15) is 9.90 Å². The number of benzene rings is 1. The Morgan fingerprint density at radius 3 is 2.72 bits per heavy atom. The first-order chi connectivity index (χ1) is 12.1. The van der Waals surface area contributed by atoms with Crippen molar-refractivity contribution in [2.75, 3.05) is 0 Å². The third-order valence-electron chi connectivity index (χ3n) is 4.34. The Kier molecular flexibility index (Phi) is 3.78. The highest BCUT2D eigenvalue weighted by molar-refractivity contribution is 6.29. The molecule has 0 bridgehead atoms. The van der Waals surface area contributed by atoms with Gasteiger partial charge in [-0.3, -0.25) is 0 Å². The summed E-state index contributed by atoms with van der Waals surface area (Å²) in [4.78, 5) is 17.2. The van der Waals surface area contributed by atoms with E-state index in [1.54, 1.807) is 46.6 Å². The molecule has 0 saturated heterocycles. The van der Waals surface area contributed by atoms with Gasteiger partial charge in [0.2, 0.25) is 6.23 Å². The van der Waals surface area contributed by atoms with E-state index in [0.29, 0.717) is 16.5 Å². The van der Waals surface area contributed by atoms with Crippen LogP contribution in [0.25, 0.3) is 11.1 Å². The summed E-state index contributed by atoms with van der Waals surface area (Å²) in [6.45, 7) is 0.210. The van der Waals surface area contributed by atoms with E-state index in [4.69, 9.17) is 16.3 Å². The van der Waals surface area contributed by atoms with Crippen LogP contribution in [0.1, 0.15) is 17.6 Å². The molecule has 1 atom stereocenters. The third kappa shape index (κ3) is 2.50. The van der Waals surface area contributed by atoms with Gasteiger partial charge in [0.1, 0.15) is 5.15 Å². The van der Waals surface area contributed by atoms with Gasteiger partial charge in [0.25, 0.3) is 11.7 Å². The van der Waals surface area contributed by atoms with Gasteiger partial charge < -0.3 is 9.84 Å². The fraction of sp³-hybridized carbons (Fsp3) is 0.167. The average molecular weight is 357 g/mol. The number of aromatic nitrogens is 3. The quantitative estimate of drug-likeness (QED) is 0.564. The summed E-state index contributed by atoms with van der Waals surface area (Å²) < 4.78 is 8.93. The second-order valence-electron chi connectivity index (χ2n) is 5.79. The summed E-state index contributed by atoms with van der Waals surface area (Å²) in [7, 11) is 1.71. The molecular weight excluding hydrogens is 342 g/mol. The number of nitrogens with zero attached hydrogens (tertiary/aromatic N) is 3. The van der Waals surface area contributed by atoms with Crippen molar-refractivity contribution in [1.29, 1.82) is 0 Å². The van der Waals surface area contributed by atoms with Gasteiger partial charge in [-0.15, -0.1) is 0 Å². The Labute approximate surface area is 148 Å². The molecule has 0 aliphatic carbocycles. The van der Waals surface area contributed by atoms with Gasteiger partial charge in [-0.25, -0.2) is 14.3 Å². The van der Waals surface area contributed by atoms with Crippen LogP contribution in [0.4, 0.5) is 0 Å². The molecule has 3 aromatic rings. The first-order valence-electron chi connectivity index (χ1n) is 7.73. The first kappa shape index (κ1) is 15.8. The van der Waals surface area contributed by atoms with Gasteiger partial charge in [-0.2, -0.15) is 4.57 Å². The minimum Gasteiger partial charge on any atom is -0.477 e. The van der Waals surface area contributed by atoms with E-state index in [1.807, 2.05) is 18.2 Å². The Morgan fingerprint density at radius 2 is 2.04 bits per heavy atom. The van der Waals surface area contributed by atoms with Crippen LogP contribution in [-0.4, -0.2) is 14.7 Å². The zero-order valence-corrected chi connectivity index (χ0v) is 14.1. The molecule has 0 saturated carbocycles. The van der Waals surface area contributed by atoms with Crippen LogP contribution in [-0.2, 0) is 18.4 Å². The first-order valence-corrected chi connectivity index (χ1v) is 8.10. The summed E-state index contributed by atoms with van der Waals surface area (Å²) in [5, 5.41) is 10.9. The van der Waals surface area contributed by atoms with E-state index < -0.39 is 6.23 Å². The highest BCUT2D eigenvalue weighted by atomic mass is 35.5. The fourth-order valence-electron chi connectivity index (χ4n) is 3.06. The molecule has 1 aliphatic rings. The van der Waals surface area contributed by atoms with Crippen molar-refractivity contribution >= 4 is 11.6 Å². The van der Waals surface area contributed by atoms with E-state index >= 15 is 0 Å². The number of pyridine rings is 1. The maximum absolute atomic E-state index is 13.1. The number of fused-ring (bicyclic) bond motifs is 1. The van der Waals surface area contributed by atoms with Crippen LogP contribution in [0.5, 0.6) is 5.88 Å². The second-order valence-corrected chi connectivity index (χ2v) is 6.18. The van der Waals surface area contributed by atoms with Crippen molar-refractivity contribution in [1.82, 2.24) is 9.55 Å². The van der Waals surface area contributed by atoms with Gasteiger partial charge in [-0.1, -0.05) is 41.9 Å². The van der Waals surface area contributed by atoms with Crippen molar-refractivity contribution in [3.05, 3.63) is 75.6 Å². The standard InChI is InChI=1S/C18H14ClN3O3/c1-21-14-10-25-18(12-7-8-13(19)20-9-12)22(14)17(24)15(16(21)23)11-5-3-2-4-6-11/h2-9,18H,10H2,1H3/p+1. The molecule has 7 heteroatoms. The maximum Gasteiger partial charge on any atom is 0.351 e. The van der Waals surface area contributed by atoms with E-state index in [1.165, 1.54) is 0 Å². The summed E-state index contributed by atoms with van der Waals surface area (Å²) >= 11 is 5.84.